The molecule has 0 amide bonds. The lowest BCUT2D eigenvalue weighted by molar-refractivity contribution is -0.142. The molecule has 0 saturated heterocycles. The molecule has 0 aliphatic heterocycles. The Morgan fingerprint density at radius 3 is 2.19 bits per heavy atom. The molecule has 4 aromatic rings. The number of hydrogen-bond donors (Lipinski definition) is 0. The number of benzene rings is 3. The van der Waals surface area contributed by atoms with Gasteiger partial charge in [0, 0.05) is 24.0 Å². The Morgan fingerprint density at radius 2 is 1.55 bits per heavy atom. The molecular formula is C27H27NO3. The highest BCUT2D eigenvalue weighted by Crippen LogP contribution is 2.31. The number of esters is 1. The molecule has 0 spiro atoms. The first kappa shape index (κ1) is 20.7. The summed E-state index contributed by atoms with van der Waals surface area (Å²) >= 11 is 0. The van der Waals surface area contributed by atoms with Crippen molar-refractivity contribution < 1.29 is 14.3 Å². The number of aryl methyl sites for hydroxylation is 1. The molecule has 1 heterocycles. The van der Waals surface area contributed by atoms with E-state index < -0.39 is 0 Å². The summed E-state index contributed by atoms with van der Waals surface area (Å²) in [5.74, 6) is 0.695. The van der Waals surface area contributed by atoms with E-state index in [9.17, 15) is 4.79 Å². The van der Waals surface area contributed by atoms with Gasteiger partial charge in [-0.1, -0.05) is 66.7 Å². The second kappa shape index (κ2) is 9.98. The summed E-state index contributed by atoms with van der Waals surface area (Å²) in [5.41, 5.74) is 3.81. The molecule has 0 radical (unpaired) electrons. The Bertz CT molecular complexity index is 1080. The van der Waals surface area contributed by atoms with Crippen LogP contribution in [0.15, 0.2) is 91.1 Å². The highest BCUT2D eigenvalue weighted by Gasteiger charge is 2.14. The van der Waals surface area contributed by atoms with Gasteiger partial charge in [-0.3, -0.25) is 0 Å². The Morgan fingerprint density at radius 1 is 0.871 bits per heavy atom. The molecule has 0 saturated carbocycles. The highest BCUT2D eigenvalue weighted by atomic mass is 16.6. The van der Waals surface area contributed by atoms with Gasteiger partial charge in [0.2, 0.25) is 0 Å². The lowest BCUT2D eigenvalue weighted by Gasteiger charge is -2.18. The molecule has 31 heavy (non-hydrogen) atoms. The average Bonchev–Trinajstić information content (AvgIpc) is 3.25. The van der Waals surface area contributed by atoms with Crippen LogP contribution in [0.5, 0.6) is 5.75 Å². The average molecular weight is 414 g/mol. The Balaban J connectivity index is 1.47. The number of hydrogen-bond acceptors (Lipinski definition) is 3. The highest BCUT2D eigenvalue weighted by molar-refractivity contribution is 5.86. The fourth-order valence-electron chi connectivity index (χ4n) is 4.07. The maximum atomic E-state index is 11.4. The lowest BCUT2D eigenvalue weighted by Crippen LogP contribution is -2.12. The van der Waals surface area contributed by atoms with E-state index >= 15 is 0 Å². The molecule has 0 fully saturated rings. The second-order valence-corrected chi connectivity index (χ2v) is 7.58. The Kier molecular flexibility index (Phi) is 6.68. The van der Waals surface area contributed by atoms with Crippen molar-refractivity contribution in [2.75, 3.05) is 13.7 Å². The van der Waals surface area contributed by atoms with Gasteiger partial charge in [-0.25, -0.2) is 4.79 Å². The summed E-state index contributed by atoms with van der Waals surface area (Å²) < 4.78 is 12.6. The number of nitrogens with zero attached hydrogens (tertiary/aromatic N) is 1. The van der Waals surface area contributed by atoms with Crippen LogP contribution in [0.25, 0.3) is 10.9 Å². The first-order valence-electron chi connectivity index (χ1n) is 10.6. The largest absolute Gasteiger partial charge is 0.481 e. The molecule has 0 N–H and O–H groups in total. The predicted octanol–water partition coefficient (Wildman–Crippen LogP) is 5.81. The van der Waals surface area contributed by atoms with E-state index in [1.165, 1.54) is 18.2 Å². The molecule has 1 aromatic heterocycles. The standard InChI is InChI=1S/C27H27NO3/c1-30-27(29)20-31-26-16-8-15-25-24(26)17-19-28(25)18-9-14-23(21-10-4-2-5-11-21)22-12-6-3-7-13-22/h2-8,10-13,15-17,19,23H,9,14,18,20H2,1H3. The van der Waals surface area contributed by atoms with Crippen molar-refractivity contribution in [2.45, 2.75) is 25.3 Å². The minimum Gasteiger partial charge on any atom is -0.481 e. The summed E-state index contributed by atoms with van der Waals surface area (Å²) in [6.45, 7) is 0.830. The van der Waals surface area contributed by atoms with E-state index in [0.717, 1.165) is 30.3 Å². The van der Waals surface area contributed by atoms with Crippen LogP contribution in [0.4, 0.5) is 0 Å². The van der Waals surface area contributed by atoms with Gasteiger partial charge < -0.3 is 14.0 Å². The number of carbonyl (C=O) groups is 1. The van der Waals surface area contributed by atoms with Crippen LogP contribution in [-0.2, 0) is 16.1 Å². The van der Waals surface area contributed by atoms with Crippen molar-refractivity contribution in [1.82, 2.24) is 4.57 Å². The van der Waals surface area contributed by atoms with Gasteiger partial charge in [-0.05, 0) is 42.2 Å². The van der Waals surface area contributed by atoms with Crippen LogP contribution in [-0.4, -0.2) is 24.3 Å². The molecule has 0 aliphatic carbocycles. The normalized spacial score (nSPS) is 11.0. The Labute approximate surface area is 183 Å². The third-order valence-corrected chi connectivity index (χ3v) is 5.64. The van der Waals surface area contributed by atoms with Crippen molar-refractivity contribution in [3.05, 3.63) is 102 Å². The van der Waals surface area contributed by atoms with E-state index in [2.05, 4.69) is 82.2 Å². The Hall–Kier alpha value is -3.53. The fraction of sp³-hybridized carbons (Fsp3) is 0.222. The SMILES string of the molecule is COC(=O)COc1cccc2c1ccn2CCCC(c1ccccc1)c1ccccc1. The fourth-order valence-corrected chi connectivity index (χ4v) is 4.07. The molecule has 158 valence electrons. The van der Waals surface area contributed by atoms with Gasteiger partial charge in [0.1, 0.15) is 5.75 Å². The topological polar surface area (TPSA) is 40.5 Å². The van der Waals surface area contributed by atoms with Gasteiger partial charge >= 0.3 is 5.97 Å². The summed E-state index contributed by atoms with van der Waals surface area (Å²) in [7, 11) is 1.36. The van der Waals surface area contributed by atoms with Crippen molar-refractivity contribution in [3.8, 4) is 5.75 Å². The van der Waals surface area contributed by atoms with Crippen LogP contribution in [0.2, 0.25) is 0 Å². The van der Waals surface area contributed by atoms with Gasteiger partial charge in [0.15, 0.2) is 6.61 Å². The minimum absolute atomic E-state index is 0.0867. The summed E-state index contributed by atoms with van der Waals surface area (Å²) in [6, 6.07) is 29.4. The first-order chi connectivity index (χ1) is 15.3. The van der Waals surface area contributed by atoms with Crippen molar-refractivity contribution in [2.24, 2.45) is 0 Å². The molecule has 4 heteroatoms. The van der Waals surface area contributed by atoms with Crippen molar-refractivity contribution in [3.63, 3.8) is 0 Å². The first-order valence-corrected chi connectivity index (χ1v) is 10.6. The maximum absolute atomic E-state index is 11.4. The van der Waals surface area contributed by atoms with Gasteiger partial charge in [-0.15, -0.1) is 0 Å². The van der Waals surface area contributed by atoms with Crippen LogP contribution in [0.1, 0.15) is 29.9 Å². The third-order valence-electron chi connectivity index (χ3n) is 5.64. The second-order valence-electron chi connectivity index (χ2n) is 7.58. The van der Waals surface area contributed by atoms with E-state index in [1.54, 1.807) is 0 Å². The molecule has 3 aromatic carbocycles. The van der Waals surface area contributed by atoms with Gasteiger partial charge in [-0.2, -0.15) is 0 Å². The van der Waals surface area contributed by atoms with Crippen LogP contribution >= 0.6 is 0 Å². The molecule has 0 bridgehead atoms. The van der Waals surface area contributed by atoms with Gasteiger partial charge in [0.05, 0.1) is 12.6 Å². The molecular weight excluding hydrogens is 386 g/mol. The number of fused-ring (bicyclic) bond motifs is 1. The zero-order valence-corrected chi connectivity index (χ0v) is 17.7. The minimum atomic E-state index is -0.385. The van der Waals surface area contributed by atoms with Crippen LogP contribution in [0.3, 0.4) is 0 Å². The van der Waals surface area contributed by atoms with E-state index in [4.69, 9.17) is 4.74 Å². The quantitative estimate of drug-likeness (QED) is 0.325. The molecule has 0 aliphatic rings. The number of methoxy groups -OCH3 is 1. The van der Waals surface area contributed by atoms with Crippen LogP contribution in [0, 0.1) is 0 Å². The molecule has 0 atom stereocenters. The number of ether oxygens (including phenoxy) is 2. The van der Waals surface area contributed by atoms with E-state index in [-0.39, 0.29) is 12.6 Å². The number of aromatic nitrogens is 1. The number of rotatable bonds is 9. The zero-order valence-electron chi connectivity index (χ0n) is 17.7. The maximum Gasteiger partial charge on any atom is 0.343 e. The predicted molar refractivity (Wildman–Crippen MR) is 123 cm³/mol. The van der Waals surface area contributed by atoms with Crippen molar-refractivity contribution >= 4 is 16.9 Å². The molecule has 0 unspecified atom stereocenters. The summed E-state index contributed by atoms with van der Waals surface area (Å²) in [4.78, 5) is 11.4. The molecule has 4 nitrogen and oxygen atoms in total. The smallest absolute Gasteiger partial charge is 0.343 e. The summed E-state index contributed by atoms with van der Waals surface area (Å²) in [6.07, 6.45) is 4.20. The number of carbonyl (C=O) groups excluding carboxylic acids is 1. The van der Waals surface area contributed by atoms with Crippen LogP contribution < -0.4 is 4.74 Å². The lowest BCUT2D eigenvalue weighted by atomic mass is 9.87. The summed E-state index contributed by atoms with van der Waals surface area (Å²) in [5, 5.41) is 1.01. The monoisotopic (exact) mass is 413 g/mol. The van der Waals surface area contributed by atoms with E-state index in [0.29, 0.717) is 11.7 Å². The van der Waals surface area contributed by atoms with E-state index in [1.807, 2.05) is 18.2 Å². The third kappa shape index (κ3) is 4.97. The molecule has 4 rings (SSSR count). The zero-order chi connectivity index (χ0) is 21.5. The van der Waals surface area contributed by atoms with Crippen molar-refractivity contribution in [1.29, 1.82) is 0 Å². The van der Waals surface area contributed by atoms with Gasteiger partial charge in [0.25, 0.3) is 0 Å².